The van der Waals surface area contributed by atoms with Gasteiger partial charge in [0.05, 0.1) is 54.2 Å². The molecule has 5 N–H and O–H groups in total. The van der Waals surface area contributed by atoms with Crippen molar-refractivity contribution in [2.75, 3.05) is 24.8 Å². The summed E-state index contributed by atoms with van der Waals surface area (Å²) in [5, 5.41) is 50.9. The summed E-state index contributed by atoms with van der Waals surface area (Å²) in [6.07, 6.45) is 7.44. The summed E-state index contributed by atoms with van der Waals surface area (Å²) in [5.41, 5.74) is 3.42. The van der Waals surface area contributed by atoms with Gasteiger partial charge in [0, 0.05) is 33.7 Å². The third-order valence-electron chi connectivity index (χ3n) is 10.6. The second-order valence-electron chi connectivity index (χ2n) is 13.4. The highest BCUT2D eigenvalue weighted by Crippen LogP contribution is 2.56. The molecule has 256 valence electrons. The number of ketones is 1. The van der Waals surface area contributed by atoms with Gasteiger partial charge in [0.1, 0.15) is 5.78 Å². The number of fused-ring (bicyclic) bond motifs is 1. The molecule has 49 heavy (non-hydrogen) atoms. The largest absolute Gasteiger partial charge is 0.504 e. The van der Waals surface area contributed by atoms with Crippen molar-refractivity contribution in [3.63, 3.8) is 0 Å². The maximum atomic E-state index is 15.0. The molecule has 0 aliphatic heterocycles. The van der Waals surface area contributed by atoms with Gasteiger partial charge in [0.15, 0.2) is 16.9 Å². The molecule has 1 atom stereocenters. The Morgan fingerprint density at radius 3 is 2.29 bits per heavy atom. The molecule has 7 rings (SSSR count). The van der Waals surface area contributed by atoms with E-state index in [9.17, 15) is 34.8 Å². The van der Waals surface area contributed by atoms with Crippen LogP contribution in [0.25, 0.3) is 49.2 Å². The lowest BCUT2D eigenvalue weighted by Gasteiger charge is -2.28. The molecule has 1 unspecified atom stereocenters. The number of nitrogens with one attached hydrogen (secondary N) is 1. The molecule has 0 saturated heterocycles. The SMILES string of the molecule is CCCc1c(NC2CCCC2)c2c(=O)c(SCCO)c(CO)c3c4c(CO)cc(=O)c5c(O)c(OC)c6c(c(c1C=C(C)C6C(C)=O)c23)c54. The first-order valence-corrected chi connectivity index (χ1v) is 18.0. The van der Waals surface area contributed by atoms with Gasteiger partial charge in [-0.3, -0.25) is 14.4 Å². The zero-order valence-electron chi connectivity index (χ0n) is 28.2. The Kier molecular flexibility index (Phi) is 8.71. The number of ether oxygens (including phenoxy) is 1. The lowest BCUT2D eigenvalue weighted by atomic mass is 9.78. The summed E-state index contributed by atoms with van der Waals surface area (Å²) in [5.74, 6) is -1.19. The molecule has 0 heterocycles. The number of anilines is 1. The quantitative estimate of drug-likeness (QED) is 0.0630. The highest BCUT2D eigenvalue weighted by molar-refractivity contribution is 7.99. The number of Topliss-reactive ketones (excluding diaryl/α,β-unsaturated/α-hetero) is 1. The number of methoxy groups -OCH3 is 1. The summed E-state index contributed by atoms with van der Waals surface area (Å²) in [4.78, 5) is 42.9. The summed E-state index contributed by atoms with van der Waals surface area (Å²) < 4.78 is 5.85. The molecule has 0 bridgehead atoms. The summed E-state index contributed by atoms with van der Waals surface area (Å²) in [6.45, 7) is 4.22. The molecule has 0 spiro atoms. The average Bonchev–Trinajstić information content (AvgIpc) is 3.54. The molecule has 2 aliphatic rings. The van der Waals surface area contributed by atoms with E-state index >= 15 is 0 Å². The molecular formula is C39H41NO8S. The second kappa shape index (κ2) is 12.7. The minimum absolute atomic E-state index is 0.0146. The maximum absolute atomic E-state index is 15.0. The molecule has 1 fully saturated rings. The number of hydrogen-bond donors (Lipinski definition) is 5. The molecule has 5 aromatic carbocycles. The van der Waals surface area contributed by atoms with Crippen LogP contribution in [0.15, 0.2) is 26.1 Å². The molecule has 0 radical (unpaired) electrons. The maximum Gasteiger partial charge on any atom is 0.202 e. The number of aliphatic hydroxyl groups excluding tert-OH is 3. The number of allylic oxidation sites excluding steroid dienone is 1. The zero-order valence-corrected chi connectivity index (χ0v) is 29.0. The fraction of sp³-hybridized carbons (Fsp3) is 0.410. The van der Waals surface area contributed by atoms with Crippen LogP contribution >= 0.6 is 11.8 Å². The summed E-state index contributed by atoms with van der Waals surface area (Å²) in [6, 6.07) is 1.44. The number of carbonyl (C=O) groups is 1. The van der Waals surface area contributed by atoms with Crippen LogP contribution in [0, 0.1) is 0 Å². The van der Waals surface area contributed by atoms with Crippen molar-refractivity contribution in [3.8, 4) is 11.5 Å². The molecule has 5 aromatic rings. The Bertz CT molecular complexity index is 2330. The number of benzene rings is 5. The van der Waals surface area contributed by atoms with E-state index < -0.39 is 30.3 Å². The fourth-order valence-corrected chi connectivity index (χ4v) is 9.67. The summed E-state index contributed by atoms with van der Waals surface area (Å²) >= 11 is 1.17. The monoisotopic (exact) mass is 683 g/mol. The van der Waals surface area contributed by atoms with Gasteiger partial charge in [0.25, 0.3) is 0 Å². The smallest absolute Gasteiger partial charge is 0.202 e. The van der Waals surface area contributed by atoms with Gasteiger partial charge < -0.3 is 30.5 Å². The molecule has 1 saturated carbocycles. The zero-order chi connectivity index (χ0) is 34.9. The van der Waals surface area contributed by atoms with Crippen LogP contribution in [0.2, 0.25) is 0 Å². The highest BCUT2D eigenvalue weighted by atomic mass is 32.2. The van der Waals surface area contributed by atoms with Gasteiger partial charge in [-0.2, -0.15) is 0 Å². The van der Waals surface area contributed by atoms with Crippen LogP contribution < -0.4 is 20.9 Å². The number of aromatic hydroxyl groups is 1. The van der Waals surface area contributed by atoms with E-state index in [0.717, 1.165) is 54.5 Å². The van der Waals surface area contributed by atoms with Crippen molar-refractivity contribution in [2.24, 2.45) is 0 Å². The van der Waals surface area contributed by atoms with E-state index in [1.54, 1.807) is 0 Å². The number of rotatable bonds is 11. The van der Waals surface area contributed by atoms with Crippen LogP contribution in [-0.2, 0) is 24.4 Å². The van der Waals surface area contributed by atoms with Gasteiger partial charge >= 0.3 is 0 Å². The molecule has 9 nitrogen and oxygen atoms in total. The predicted molar refractivity (Wildman–Crippen MR) is 196 cm³/mol. The van der Waals surface area contributed by atoms with E-state index in [1.165, 1.54) is 31.9 Å². The first-order valence-electron chi connectivity index (χ1n) is 17.0. The third kappa shape index (κ3) is 4.75. The standard InChI is InChI=1S/C39H41NO8S/c1-5-8-21-22-13-17(2)25(18(3)44)33-32-27(22)31-28(26-19(15-42)14-24(45)29(30(26)32)36(46)38(33)48-4)23(16-43)39(49-12-11-41)37(47)34(31)35(21)40-20-9-6-7-10-20/h13-14,20,25,40-43,46H,5-12,15-16H2,1-4H3. The predicted octanol–water partition coefficient (Wildman–Crippen LogP) is 6.08. The van der Waals surface area contributed by atoms with E-state index in [0.29, 0.717) is 60.1 Å². The lowest BCUT2D eigenvalue weighted by molar-refractivity contribution is -0.117. The highest BCUT2D eigenvalue weighted by Gasteiger charge is 2.37. The number of carbonyl (C=O) groups excluding carboxylic acids is 1. The van der Waals surface area contributed by atoms with Crippen molar-refractivity contribution in [1.82, 2.24) is 0 Å². The van der Waals surface area contributed by atoms with Crippen molar-refractivity contribution in [1.29, 1.82) is 0 Å². The molecule has 10 heteroatoms. The van der Waals surface area contributed by atoms with Gasteiger partial charge in [-0.05, 0) is 77.4 Å². The van der Waals surface area contributed by atoms with Crippen LogP contribution in [0.1, 0.15) is 86.6 Å². The normalized spacial score (nSPS) is 16.5. The Morgan fingerprint density at radius 2 is 1.67 bits per heavy atom. The average molecular weight is 684 g/mol. The Balaban J connectivity index is 1.93. The Hall–Kier alpha value is -3.96. The van der Waals surface area contributed by atoms with Gasteiger partial charge in [0.2, 0.25) is 5.43 Å². The second-order valence-corrected chi connectivity index (χ2v) is 14.5. The third-order valence-corrected chi connectivity index (χ3v) is 11.7. The van der Waals surface area contributed by atoms with E-state index in [4.69, 9.17) is 4.74 Å². The number of aliphatic hydroxyl groups is 3. The first kappa shape index (κ1) is 33.5. The van der Waals surface area contributed by atoms with Crippen molar-refractivity contribution in [2.45, 2.75) is 89.4 Å². The number of phenolic OH excluding ortho intramolecular Hbond substituents is 1. The topological polar surface area (TPSA) is 153 Å². The van der Waals surface area contributed by atoms with E-state index in [2.05, 4.69) is 12.2 Å². The van der Waals surface area contributed by atoms with E-state index in [1.807, 2.05) is 13.0 Å². The number of hydrogen-bond acceptors (Lipinski definition) is 10. The molecular weight excluding hydrogens is 642 g/mol. The molecule has 0 amide bonds. The number of thioether (sulfide) groups is 1. The minimum atomic E-state index is -0.839. The van der Waals surface area contributed by atoms with Gasteiger partial charge in [-0.15, -0.1) is 11.8 Å². The lowest BCUT2D eigenvalue weighted by Crippen LogP contribution is -2.21. The minimum Gasteiger partial charge on any atom is -0.504 e. The van der Waals surface area contributed by atoms with Crippen LogP contribution in [0.5, 0.6) is 11.5 Å². The van der Waals surface area contributed by atoms with Crippen molar-refractivity contribution < 1.29 is 30.0 Å². The van der Waals surface area contributed by atoms with Gasteiger partial charge in [-0.1, -0.05) is 37.8 Å². The first-order chi connectivity index (χ1) is 23.6. The molecule has 2 aliphatic carbocycles. The molecule has 0 aromatic heterocycles. The van der Waals surface area contributed by atoms with E-state index in [-0.39, 0.29) is 46.3 Å². The van der Waals surface area contributed by atoms with Crippen LogP contribution in [-0.4, -0.2) is 51.7 Å². The fourth-order valence-electron chi connectivity index (χ4n) is 8.80. The van der Waals surface area contributed by atoms with Crippen LogP contribution in [0.3, 0.4) is 0 Å². The number of phenols is 1. The Morgan fingerprint density at radius 1 is 0.959 bits per heavy atom. The Labute approximate surface area is 287 Å². The van der Waals surface area contributed by atoms with Crippen molar-refractivity contribution >= 4 is 72.4 Å². The van der Waals surface area contributed by atoms with Crippen molar-refractivity contribution in [3.05, 3.63) is 59.9 Å². The summed E-state index contributed by atoms with van der Waals surface area (Å²) in [7, 11) is 1.40. The van der Waals surface area contributed by atoms with Gasteiger partial charge in [-0.25, -0.2) is 0 Å². The van der Waals surface area contributed by atoms with Crippen LogP contribution in [0.4, 0.5) is 5.69 Å².